The molecule has 82 valence electrons. The minimum absolute atomic E-state index is 0.113. The highest BCUT2D eigenvalue weighted by atomic mass is 16.2. The van der Waals surface area contributed by atoms with Crippen LogP contribution >= 0.6 is 0 Å². The molecule has 1 unspecified atom stereocenters. The van der Waals surface area contributed by atoms with Gasteiger partial charge >= 0.3 is 0 Å². The number of likely N-dealkylation sites (N-methyl/N-ethyl adjacent to an activating group) is 1. The Hall–Kier alpha value is -0.570. The minimum Gasteiger partial charge on any atom is -0.354 e. The monoisotopic (exact) mass is 198 g/mol. The Morgan fingerprint density at radius 1 is 1.50 bits per heavy atom. The van der Waals surface area contributed by atoms with Gasteiger partial charge in [-0.15, -0.1) is 0 Å². The molecule has 0 saturated carbocycles. The van der Waals surface area contributed by atoms with E-state index in [2.05, 4.69) is 24.1 Å². The third-order valence-electron chi connectivity index (χ3n) is 2.76. The summed E-state index contributed by atoms with van der Waals surface area (Å²) in [7, 11) is 2.04. The van der Waals surface area contributed by atoms with E-state index < -0.39 is 0 Å². The Labute approximate surface area is 86.9 Å². The van der Waals surface area contributed by atoms with Crippen molar-refractivity contribution in [2.24, 2.45) is 5.92 Å². The molecular weight excluding hydrogens is 176 g/mol. The van der Waals surface area contributed by atoms with Crippen molar-refractivity contribution < 1.29 is 4.79 Å². The Kier molecular flexibility index (Phi) is 4.39. The Bertz CT molecular complexity index is 192. The molecule has 1 fully saturated rings. The molecule has 0 aromatic carbocycles. The number of rotatable bonds is 3. The van der Waals surface area contributed by atoms with Crippen LogP contribution in [0.3, 0.4) is 0 Å². The van der Waals surface area contributed by atoms with Crippen molar-refractivity contribution in [2.75, 3.05) is 20.1 Å². The second kappa shape index (κ2) is 5.35. The first-order chi connectivity index (χ1) is 6.61. The van der Waals surface area contributed by atoms with E-state index in [1.54, 1.807) is 0 Å². The fourth-order valence-corrected chi connectivity index (χ4v) is 1.83. The van der Waals surface area contributed by atoms with Crippen LogP contribution in [0.25, 0.3) is 0 Å². The SMILES string of the molecule is CC(C)CNC(=O)C1CCCCN1C. The lowest BCUT2D eigenvalue weighted by Crippen LogP contribution is -2.48. The fourth-order valence-electron chi connectivity index (χ4n) is 1.83. The highest BCUT2D eigenvalue weighted by molar-refractivity contribution is 5.81. The Morgan fingerprint density at radius 2 is 2.21 bits per heavy atom. The van der Waals surface area contributed by atoms with Gasteiger partial charge in [0.2, 0.25) is 5.91 Å². The van der Waals surface area contributed by atoms with E-state index in [4.69, 9.17) is 0 Å². The molecule has 0 aromatic heterocycles. The van der Waals surface area contributed by atoms with Gasteiger partial charge in [-0.25, -0.2) is 0 Å². The first-order valence-corrected chi connectivity index (χ1v) is 5.59. The van der Waals surface area contributed by atoms with Gasteiger partial charge in [0.1, 0.15) is 0 Å². The van der Waals surface area contributed by atoms with Crippen molar-refractivity contribution in [3.63, 3.8) is 0 Å². The van der Waals surface area contributed by atoms with Crippen LogP contribution in [0.1, 0.15) is 33.1 Å². The summed E-state index contributed by atoms with van der Waals surface area (Å²) in [5.74, 6) is 0.744. The predicted molar refractivity (Wildman–Crippen MR) is 58.1 cm³/mol. The molecule has 1 N–H and O–H groups in total. The fraction of sp³-hybridized carbons (Fsp3) is 0.909. The first-order valence-electron chi connectivity index (χ1n) is 5.59. The summed E-state index contributed by atoms with van der Waals surface area (Å²) in [6.07, 6.45) is 3.43. The molecule has 1 aliphatic rings. The number of carbonyl (C=O) groups excluding carboxylic acids is 1. The van der Waals surface area contributed by atoms with E-state index in [1.807, 2.05) is 7.05 Å². The van der Waals surface area contributed by atoms with Crippen LogP contribution in [0.15, 0.2) is 0 Å². The van der Waals surface area contributed by atoms with Crippen LogP contribution in [0.2, 0.25) is 0 Å². The normalized spacial score (nSPS) is 23.9. The van der Waals surface area contributed by atoms with Crippen LogP contribution in [0.4, 0.5) is 0 Å². The highest BCUT2D eigenvalue weighted by Gasteiger charge is 2.25. The third kappa shape index (κ3) is 3.29. The Balaban J connectivity index is 2.34. The van der Waals surface area contributed by atoms with Crippen LogP contribution in [-0.4, -0.2) is 37.0 Å². The lowest BCUT2D eigenvalue weighted by Gasteiger charge is -2.31. The zero-order valence-corrected chi connectivity index (χ0v) is 9.55. The number of hydrogen-bond acceptors (Lipinski definition) is 2. The number of nitrogens with one attached hydrogen (secondary N) is 1. The summed E-state index contributed by atoms with van der Waals surface area (Å²) in [6, 6.07) is 0.113. The molecule has 1 rings (SSSR count). The molecule has 0 aromatic rings. The van der Waals surface area contributed by atoms with Crippen molar-refractivity contribution >= 4 is 5.91 Å². The molecule has 14 heavy (non-hydrogen) atoms. The maximum Gasteiger partial charge on any atom is 0.237 e. The number of nitrogens with zero attached hydrogens (tertiary/aromatic N) is 1. The van der Waals surface area contributed by atoms with Crippen LogP contribution < -0.4 is 5.32 Å². The van der Waals surface area contributed by atoms with E-state index in [0.29, 0.717) is 5.92 Å². The van der Waals surface area contributed by atoms with Crippen molar-refractivity contribution in [3.05, 3.63) is 0 Å². The van der Waals surface area contributed by atoms with Crippen molar-refractivity contribution in [3.8, 4) is 0 Å². The number of likely N-dealkylation sites (tertiary alicyclic amines) is 1. The molecule has 1 saturated heterocycles. The average molecular weight is 198 g/mol. The quantitative estimate of drug-likeness (QED) is 0.740. The van der Waals surface area contributed by atoms with Crippen LogP contribution in [-0.2, 0) is 4.79 Å². The summed E-state index contributed by atoms with van der Waals surface area (Å²) in [6.45, 7) is 6.08. The largest absolute Gasteiger partial charge is 0.354 e. The van der Waals surface area contributed by atoms with E-state index in [1.165, 1.54) is 12.8 Å². The zero-order valence-electron chi connectivity index (χ0n) is 9.55. The van der Waals surface area contributed by atoms with E-state index >= 15 is 0 Å². The third-order valence-corrected chi connectivity index (χ3v) is 2.76. The van der Waals surface area contributed by atoms with Gasteiger partial charge in [0.15, 0.2) is 0 Å². The molecular formula is C11H22N2O. The highest BCUT2D eigenvalue weighted by Crippen LogP contribution is 2.14. The van der Waals surface area contributed by atoms with Gasteiger partial charge < -0.3 is 5.32 Å². The van der Waals surface area contributed by atoms with Crippen molar-refractivity contribution in [1.82, 2.24) is 10.2 Å². The molecule has 1 aliphatic heterocycles. The number of hydrogen-bond donors (Lipinski definition) is 1. The second-order valence-corrected chi connectivity index (χ2v) is 4.63. The summed E-state index contributed by atoms with van der Waals surface area (Å²) < 4.78 is 0. The molecule has 0 radical (unpaired) electrons. The van der Waals surface area contributed by atoms with E-state index in [-0.39, 0.29) is 11.9 Å². The van der Waals surface area contributed by atoms with Gasteiger partial charge in [0.25, 0.3) is 0 Å². The van der Waals surface area contributed by atoms with Crippen LogP contribution in [0.5, 0.6) is 0 Å². The second-order valence-electron chi connectivity index (χ2n) is 4.63. The molecule has 1 atom stereocenters. The van der Waals surface area contributed by atoms with E-state index in [9.17, 15) is 4.79 Å². The summed E-state index contributed by atoms with van der Waals surface area (Å²) in [5.41, 5.74) is 0. The molecule has 1 heterocycles. The topological polar surface area (TPSA) is 32.3 Å². The molecule has 0 spiro atoms. The van der Waals surface area contributed by atoms with E-state index in [0.717, 1.165) is 19.5 Å². The smallest absolute Gasteiger partial charge is 0.237 e. The summed E-state index contributed by atoms with van der Waals surface area (Å²) >= 11 is 0. The van der Waals surface area contributed by atoms with Gasteiger partial charge in [-0.05, 0) is 32.4 Å². The number of carbonyl (C=O) groups is 1. The standard InChI is InChI=1S/C11H22N2O/c1-9(2)8-12-11(14)10-6-4-5-7-13(10)3/h9-10H,4-8H2,1-3H3,(H,12,14). The summed E-state index contributed by atoms with van der Waals surface area (Å²) in [4.78, 5) is 13.9. The molecule has 0 aliphatic carbocycles. The molecule has 0 bridgehead atoms. The predicted octanol–water partition coefficient (Wildman–Crippen LogP) is 1.24. The maximum atomic E-state index is 11.8. The van der Waals surface area contributed by atoms with Gasteiger partial charge in [-0.3, -0.25) is 9.69 Å². The average Bonchev–Trinajstić information content (AvgIpc) is 2.15. The van der Waals surface area contributed by atoms with Crippen molar-refractivity contribution in [1.29, 1.82) is 0 Å². The maximum absolute atomic E-state index is 11.8. The van der Waals surface area contributed by atoms with Crippen LogP contribution in [0, 0.1) is 5.92 Å². The number of piperidine rings is 1. The molecule has 1 amide bonds. The molecule has 3 heteroatoms. The lowest BCUT2D eigenvalue weighted by atomic mass is 10.0. The van der Waals surface area contributed by atoms with Gasteiger partial charge in [-0.1, -0.05) is 20.3 Å². The zero-order chi connectivity index (χ0) is 10.6. The summed E-state index contributed by atoms with van der Waals surface area (Å²) in [5, 5.41) is 3.00. The van der Waals surface area contributed by atoms with Crippen molar-refractivity contribution in [2.45, 2.75) is 39.2 Å². The molecule has 3 nitrogen and oxygen atoms in total. The number of amides is 1. The Morgan fingerprint density at radius 3 is 2.79 bits per heavy atom. The van der Waals surface area contributed by atoms with Gasteiger partial charge in [-0.2, -0.15) is 0 Å². The first kappa shape index (κ1) is 11.5. The lowest BCUT2D eigenvalue weighted by molar-refractivity contribution is -0.127. The minimum atomic E-state index is 0.113. The van der Waals surface area contributed by atoms with Gasteiger partial charge in [0, 0.05) is 6.54 Å². The van der Waals surface area contributed by atoms with Gasteiger partial charge in [0.05, 0.1) is 6.04 Å².